The minimum absolute atomic E-state index is 0.343. The van der Waals surface area contributed by atoms with Crippen molar-refractivity contribution in [1.29, 1.82) is 0 Å². The third kappa shape index (κ3) is 4.15. The Hall–Kier alpha value is -2.70. The minimum atomic E-state index is -1.65. The van der Waals surface area contributed by atoms with Gasteiger partial charge in [0.2, 0.25) is 0 Å². The fourth-order valence-electron chi connectivity index (χ4n) is 1.80. The van der Waals surface area contributed by atoms with Gasteiger partial charge < -0.3 is 14.8 Å². The summed E-state index contributed by atoms with van der Waals surface area (Å²) in [6.07, 6.45) is 0. The quantitative estimate of drug-likeness (QED) is 0.827. The van der Waals surface area contributed by atoms with Crippen LogP contribution in [-0.4, -0.2) is 19.1 Å². The number of para-hydroxylation sites is 2. The number of rotatable bonds is 6. The van der Waals surface area contributed by atoms with Gasteiger partial charge in [-0.15, -0.1) is 0 Å². The summed E-state index contributed by atoms with van der Waals surface area (Å²) in [6.45, 7) is 1.78. The summed E-state index contributed by atoms with van der Waals surface area (Å²) in [5, 5.41) is 2.11. The van der Waals surface area contributed by atoms with Crippen molar-refractivity contribution >= 4 is 11.6 Å². The summed E-state index contributed by atoms with van der Waals surface area (Å²) in [5.74, 6) is -4.36. The number of nitrogens with one attached hydrogen (secondary N) is 1. The van der Waals surface area contributed by atoms with Crippen LogP contribution in [0.5, 0.6) is 11.5 Å². The van der Waals surface area contributed by atoms with Crippen molar-refractivity contribution in [3.8, 4) is 11.5 Å². The monoisotopic (exact) mass is 325 g/mol. The predicted octanol–water partition coefficient (Wildman–Crippen LogP) is 3.52. The maximum Gasteiger partial charge on any atom is 0.262 e. The first-order chi connectivity index (χ1) is 11.0. The Kier molecular flexibility index (Phi) is 5.46. The molecule has 1 N–H and O–H groups in total. The Morgan fingerprint density at radius 2 is 1.65 bits per heavy atom. The van der Waals surface area contributed by atoms with Crippen LogP contribution in [0, 0.1) is 17.5 Å². The Labute approximate surface area is 130 Å². The molecule has 0 spiro atoms. The van der Waals surface area contributed by atoms with E-state index in [0.717, 1.165) is 12.1 Å². The van der Waals surface area contributed by atoms with Crippen LogP contribution in [0.1, 0.15) is 6.92 Å². The van der Waals surface area contributed by atoms with Gasteiger partial charge in [-0.1, -0.05) is 12.1 Å². The van der Waals surface area contributed by atoms with Gasteiger partial charge in [-0.2, -0.15) is 0 Å². The first-order valence-electron chi connectivity index (χ1n) is 6.81. The number of carbonyl (C=O) groups is 1. The molecule has 23 heavy (non-hydrogen) atoms. The number of ether oxygens (including phenoxy) is 2. The van der Waals surface area contributed by atoms with Gasteiger partial charge in [0.05, 0.1) is 12.3 Å². The highest BCUT2D eigenvalue weighted by Crippen LogP contribution is 2.26. The second-order valence-electron chi connectivity index (χ2n) is 4.44. The van der Waals surface area contributed by atoms with Crippen molar-refractivity contribution in [2.45, 2.75) is 6.92 Å². The summed E-state index contributed by atoms with van der Waals surface area (Å²) in [7, 11) is 0. The van der Waals surface area contributed by atoms with Crippen LogP contribution in [0.4, 0.5) is 18.9 Å². The number of benzene rings is 2. The molecule has 2 aromatic carbocycles. The third-order valence-corrected chi connectivity index (χ3v) is 2.82. The van der Waals surface area contributed by atoms with Gasteiger partial charge in [0.25, 0.3) is 5.91 Å². The Balaban J connectivity index is 2.00. The molecule has 2 aromatic rings. The molecule has 0 bridgehead atoms. The van der Waals surface area contributed by atoms with E-state index in [1.165, 1.54) is 0 Å². The highest BCUT2D eigenvalue weighted by Gasteiger charge is 2.15. The van der Waals surface area contributed by atoms with Crippen LogP contribution in [0.3, 0.4) is 0 Å². The van der Waals surface area contributed by atoms with Crippen LogP contribution >= 0.6 is 0 Å². The predicted molar refractivity (Wildman–Crippen MR) is 78.1 cm³/mol. The van der Waals surface area contributed by atoms with E-state index in [0.29, 0.717) is 18.1 Å². The van der Waals surface area contributed by atoms with Crippen molar-refractivity contribution in [3.05, 3.63) is 53.8 Å². The highest BCUT2D eigenvalue weighted by molar-refractivity contribution is 5.92. The second kappa shape index (κ2) is 7.53. The molecule has 2 rings (SSSR count). The number of hydrogen-bond acceptors (Lipinski definition) is 3. The molecule has 0 aromatic heterocycles. The van der Waals surface area contributed by atoms with E-state index in [1.807, 2.05) is 0 Å². The maximum atomic E-state index is 13.5. The highest BCUT2D eigenvalue weighted by atomic mass is 19.2. The molecule has 0 unspecified atom stereocenters. The van der Waals surface area contributed by atoms with Gasteiger partial charge in [0, 0.05) is 0 Å². The molecule has 7 heteroatoms. The van der Waals surface area contributed by atoms with E-state index in [4.69, 9.17) is 9.47 Å². The molecule has 0 aliphatic heterocycles. The molecule has 0 heterocycles. The van der Waals surface area contributed by atoms with E-state index >= 15 is 0 Å². The van der Waals surface area contributed by atoms with E-state index in [-0.39, 0.29) is 0 Å². The molecule has 0 radical (unpaired) electrons. The first kappa shape index (κ1) is 16.7. The maximum absolute atomic E-state index is 13.5. The van der Waals surface area contributed by atoms with E-state index < -0.39 is 35.7 Å². The Bertz CT molecular complexity index is 707. The summed E-state index contributed by atoms with van der Waals surface area (Å²) in [4.78, 5) is 11.7. The summed E-state index contributed by atoms with van der Waals surface area (Å²) in [6, 6.07) is 8.38. The second-order valence-corrected chi connectivity index (χ2v) is 4.44. The van der Waals surface area contributed by atoms with Crippen LogP contribution < -0.4 is 14.8 Å². The third-order valence-electron chi connectivity index (χ3n) is 2.82. The van der Waals surface area contributed by atoms with Crippen molar-refractivity contribution in [2.24, 2.45) is 0 Å². The van der Waals surface area contributed by atoms with Crippen LogP contribution in [0.15, 0.2) is 36.4 Å². The van der Waals surface area contributed by atoms with Crippen molar-refractivity contribution in [1.82, 2.24) is 0 Å². The van der Waals surface area contributed by atoms with Gasteiger partial charge in [-0.05, 0) is 31.2 Å². The lowest BCUT2D eigenvalue weighted by atomic mass is 10.3. The minimum Gasteiger partial charge on any atom is -0.490 e. The van der Waals surface area contributed by atoms with Gasteiger partial charge in [0.15, 0.2) is 35.6 Å². The molecule has 0 saturated carbocycles. The van der Waals surface area contributed by atoms with Crippen molar-refractivity contribution in [3.63, 3.8) is 0 Å². The number of amides is 1. The zero-order chi connectivity index (χ0) is 16.8. The number of hydrogen-bond donors (Lipinski definition) is 1. The van der Waals surface area contributed by atoms with Gasteiger partial charge in [-0.3, -0.25) is 4.79 Å². The molecule has 0 aliphatic carbocycles. The SMILES string of the molecule is CCOc1ccccc1OCC(=O)Nc1ccc(F)c(F)c1F. The Morgan fingerprint density at radius 1 is 1.00 bits per heavy atom. The first-order valence-corrected chi connectivity index (χ1v) is 6.81. The smallest absolute Gasteiger partial charge is 0.262 e. The van der Waals surface area contributed by atoms with Gasteiger partial charge in [0.1, 0.15) is 0 Å². The Morgan fingerprint density at radius 3 is 2.30 bits per heavy atom. The molecule has 4 nitrogen and oxygen atoms in total. The van der Waals surface area contributed by atoms with E-state index in [1.54, 1.807) is 31.2 Å². The molecule has 0 atom stereocenters. The summed E-state index contributed by atoms with van der Waals surface area (Å²) in [5.41, 5.74) is -0.462. The van der Waals surface area contributed by atoms with Crippen molar-refractivity contribution < 1.29 is 27.4 Å². The molecule has 0 saturated heterocycles. The molecule has 122 valence electrons. The lowest BCUT2D eigenvalue weighted by molar-refractivity contribution is -0.118. The van der Waals surface area contributed by atoms with E-state index in [9.17, 15) is 18.0 Å². The van der Waals surface area contributed by atoms with Gasteiger partial charge >= 0.3 is 0 Å². The molecule has 1 amide bonds. The molecular formula is C16H14F3NO3. The fraction of sp³-hybridized carbons (Fsp3) is 0.188. The molecule has 0 aliphatic rings. The molecular weight excluding hydrogens is 311 g/mol. The average Bonchev–Trinajstić information content (AvgIpc) is 2.55. The number of carbonyl (C=O) groups excluding carboxylic acids is 1. The number of halogens is 3. The van der Waals surface area contributed by atoms with Crippen LogP contribution in [0.25, 0.3) is 0 Å². The standard InChI is InChI=1S/C16H14F3NO3/c1-2-22-12-5-3-4-6-13(12)23-9-14(21)20-11-8-7-10(17)15(18)16(11)19/h3-8H,2,9H2,1H3,(H,20,21). The van der Waals surface area contributed by atoms with Gasteiger partial charge in [-0.25, -0.2) is 13.2 Å². The van der Waals surface area contributed by atoms with E-state index in [2.05, 4.69) is 5.32 Å². The largest absolute Gasteiger partial charge is 0.490 e. The summed E-state index contributed by atoms with van der Waals surface area (Å²) >= 11 is 0. The number of anilines is 1. The molecule has 0 fully saturated rings. The lowest BCUT2D eigenvalue weighted by Gasteiger charge is -2.12. The van der Waals surface area contributed by atoms with Crippen molar-refractivity contribution in [2.75, 3.05) is 18.5 Å². The average molecular weight is 325 g/mol. The lowest BCUT2D eigenvalue weighted by Crippen LogP contribution is -2.21. The topological polar surface area (TPSA) is 47.6 Å². The van der Waals surface area contributed by atoms with Crippen LogP contribution in [0.2, 0.25) is 0 Å². The summed E-state index contributed by atoms with van der Waals surface area (Å²) < 4.78 is 50.0. The normalized spacial score (nSPS) is 10.3. The zero-order valence-corrected chi connectivity index (χ0v) is 12.2. The van der Waals surface area contributed by atoms with Crippen LogP contribution in [-0.2, 0) is 4.79 Å². The zero-order valence-electron chi connectivity index (χ0n) is 12.2. The fourth-order valence-corrected chi connectivity index (χ4v) is 1.80.